The summed E-state index contributed by atoms with van der Waals surface area (Å²) in [6.07, 6.45) is -0.891. The molecule has 0 bridgehead atoms. The second-order valence-electron chi connectivity index (χ2n) is 5.59. The fraction of sp³-hybridized carbons (Fsp3) is 0.278. The minimum atomic E-state index is -0.891. The molecule has 0 saturated carbocycles. The van der Waals surface area contributed by atoms with Gasteiger partial charge in [0.05, 0.1) is 31.5 Å². The van der Waals surface area contributed by atoms with E-state index in [0.29, 0.717) is 12.7 Å². The maximum atomic E-state index is 13.5. The first kappa shape index (κ1) is 18.8. The molecule has 2 aromatic carbocycles. The maximum Gasteiger partial charge on any atom is 0.321 e. The highest BCUT2D eigenvalue weighted by molar-refractivity contribution is 5.89. The molecule has 0 aromatic heterocycles. The minimum absolute atomic E-state index is 0.00341. The smallest absolute Gasteiger partial charge is 0.321 e. The number of nitrogens with one attached hydrogen (secondary N) is 1. The average Bonchev–Trinajstić information content (AvgIpc) is 2.58. The Morgan fingerprint density at radius 1 is 1.24 bits per heavy atom. The van der Waals surface area contributed by atoms with Crippen molar-refractivity contribution in [3.8, 4) is 0 Å². The van der Waals surface area contributed by atoms with Crippen LogP contribution in [0.2, 0.25) is 0 Å². The number of halogens is 2. The number of anilines is 1. The Bertz CT molecular complexity index is 698. The van der Waals surface area contributed by atoms with E-state index >= 15 is 0 Å². The quantitative estimate of drug-likeness (QED) is 0.807. The van der Waals surface area contributed by atoms with Gasteiger partial charge in [-0.2, -0.15) is 0 Å². The molecule has 25 heavy (non-hydrogen) atoms. The molecule has 0 aliphatic carbocycles. The van der Waals surface area contributed by atoms with Crippen LogP contribution in [0.15, 0.2) is 48.5 Å². The molecule has 5 nitrogen and oxygen atoms in total. The largest absolute Gasteiger partial charge is 0.389 e. The summed E-state index contributed by atoms with van der Waals surface area (Å²) >= 11 is 0. The van der Waals surface area contributed by atoms with Crippen molar-refractivity contribution < 1.29 is 23.4 Å². The molecule has 2 amide bonds. The van der Waals surface area contributed by atoms with Gasteiger partial charge < -0.3 is 20.1 Å². The summed E-state index contributed by atoms with van der Waals surface area (Å²) in [7, 11) is 1.46. The highest BCUT2D eigenvalue weighted by Crippen LogP contribution is 2.15. The number of benzene rings is 2. The molecule has 134 valence electrons. The number of likely N-dealkylation sites (N-methyl/N-ethyl adjacent to an activating group) is 1. The number of amides is 2. The summed E-state index contributed by atoms with van der Waals surface area (Å²) in [4.78, 5) is 13.2. The van der Waals surface area contributed by atoms with Crippen LogP contribution in [0.4, 0.5) is 19.3 Å². The molecular formula is C18H20F2N2O3. The Morgan fingerprint density at radius 3 is 2.64 bits per heavy atom. The van der Waals surface area contributed by atoms with Gasteiger partial charge in [-0.25, -0.2) is 13.6 Å². The van der Waals surface area contributed by atoms with E-state index in [4.69, 9.17) is 4.74 Å². The fourth-order valence-corrected chi connectivity index (χ4v) is 2.14. The number of hydrogen-bond acceptors (Lipinski definition) is 3. The molecule has 0 aliphatic heterocycles. The monoisotopic (exact) mass is 350 g/mol. The number of hydrogen-bond donors (Lipinski definition) is 2. The molecule has 0 fully saturated rings. The number of aliphatic hydroxyl groups excluding tert-OH is 1. The molecule has 2 aromatic rings. The number of ether oxygens (including phenoxy) is 1. The van der Waals surface area contributed by atoms with Gasteiger partial charge >= 0.3 is 6.03 Å². The highest BCUT2D eigenvalue weighted by atomic mass is 19.1. The third kappa shape index (κ3) is 6.13. The number of aliphatic hydroxyl groups is 1. The molecule has 1 atom stereocenters. The van der Waals surface area contributed by atoms with Crippen LogP contribution in [0.3, 0.4) is 0 Å². The zero-order valence-electron chi connectivity index (χ0n) is 13.8. The molecule has 0 aliphatic rings. The second-order valence-corrected chi connectivity index (χ2v) is 5.59. The molecule has 0 saturated heterocycles. The third-order valence-electron chi connectivity index (χ3n) is 3.43. The minimum Gasteiger partial charge on any atom is -0.389 e. The lowest BCUT2D eigenvalue weighted by Gasteiger charge is -2.21. The summed E-state index contributed by atoms with van der Waals surface area (Å²) in [6.45, 7) is 0.412. The summed E-state index contributed by atoms with van der Waals surface area (Å²) < 4.78 is 31.8. The summed E-state index contributed by atoms with van der Waals surface area (Å²) in [5.74, 6) is -1.59. The predicted octanol–water partition coefficient (Wildman–Crippen LogP) is 3.01. The Labute approximate surface area is 144 Å². The number of carbonyl (C=O) groups is 1. The standard InChI is InChI=1S/C18H20F2N2O3/c1-22(18(24)21-17-8-7-14(19)9-16(17)20)10-15(23)12-25-11-13-5-3-2-4-6-13/h2-9,15,23H,10-12H2,1H3,(H,21,24)/t15-/m1/s1. The van der Waals surface area contributed by atoms with E-state index in [2.05, 4.69) is 5.32 Å². The molecule has 0 heterocycles. The van der Waals surface area contributed by atoms with Crippen molar-refractivity contribution in [1.82, 2.24) is 4.90 Å². The first-order valence-electron chi connectivity index (χ1n) is 7.72. The maximum absolute atomic E-state index is 13.5. The van der Waals surface area contributed by atoms with E-state index in [0.717, 1.165) is 17.7 Å². The van der Waals surface area contributed by atoms with Crippen LogP contribution in [0.5, 0.6) is 0 Å². The fourth-order valence-electron chi connectivity index (χ4n) is 2.14. The Kier molecular flexibility index (Phi) is 6.85. The Hall–Kier alpha value is -2.51. The Morgan fingerprint density at radius 2 is 1.96 bits per heavy atom. The number of urea groups is 1. The molecular weight excluding hydrogens is 330 g/mol. The molecule has 0 unspecified atom stereocenters. The lowest BCUT2D eigenvalue weighted by Crippen LogP contribution is -2.39. The Balaban J connectivity index is 1.75. The van der Waals surface area contributed by atoms with Crippen LogP contribution >= 0.6 is 0 Å². The number of rotatable bonds is 7. The lowest BCUT2D eigenvalue weighted by atomic mass is 10.2. The zero-order valence-corrected chi connectivity index (χ0v) is 13.8. The molecule has 2 rings (SSSR count). The predicted molar refractivity (Wildman–Crippen MR) is 90.1 cm³/mol. The van der Waals surface area contributed by atoms with Crippen molar-refractivity contribution >= 4 is 11.7 Å². The molecule has 0 spiro atoms. The van der Waals surface area contributed by atoms with Crippen molar-refractivity contribution in [2.45, 2.75) is 12.7 Å². The highest BCUT2D eigenvalue weighted by Gasteiger charge is 2.15. The second kappa shape index (κ2) is 9.10. The van der Waals surface area contributed by atoms with Gasteiger partial charge in [0.15, 0.2) is 0 Å². The van der Waals surface area contributed by atoms with Gasteiger partial charge in [0.2, 0.25) is 0 Å². The zero-order chi connectivity index (χ0) is 18.2. The van der Waals surface area contributed by atoms with Crippen LogP contribution in [0.25, 0.3) is 0 Å². The molecule has 0 radical (unpaired) electrons. The van der Waals surface area contributed by atoms with E-state index in [1.165, 1.54) is 11.9 Å². The van der Waals surface area contributed by atoms with Gasteiger partial charge in [-0.15, -0.1) is 0 Å². The van der Waals surface area contributed by atoms with Crippen LogP contribution in [-0.4, -0.2) is 42.3 Å². The average molecular weight is 350 g/mol. The van der Waals surface area contributed by atoms with E-state index in [1.807, 2.05) is 30.3 Å². The normalized spacial score (nSPS) is 11.8. The van der Waals surface area contributed by atoms with Crippen LogP contribution in [-0.2, 0) is 11.3 Å². The molecule has 2 N–H and O–H groups in total. The van der Waals surface area contributed by atoms with Crippen molar-refractivity contribution in [3.05, 3.63) is 65.7 Å². The van der Waals surface area contributed by atoms with Crippen LogP contribution in [0, 0.1) is 11.6 Å². The summed E-state index contributed by atoms with van der Waals surface area (Å²) in [6, 6.07) is 11.7. The van der Waals surface area contributed by atoms with Gasteiger partial charge in [-0.05, 0) is 17.7 Å². The van der Waals surface area contributed by atoms with Gasteiger partial charge in [0.25, 0.3) is 0 Å². The van der Waals surface area contributed by atoms with E-state index in [9.17, 15) is 18.7 Å². The van der Waals surface area contributed by atoms with E-state index in [-0.39, 0.29) is 18.8 Å². The van der Waals surface area contributed by atoms with Gasteiger partial charge in [0.1, 0.15) is 11.6 Å². The number of nitrogens with zero attached hydrogens (tertiary/aromatic N) is 1. The summed E-state index contributed by atoms with van der Waals surface area (Å²) in [5.41, 5.74) is 0.848. The van der Waals surface area contributed by atoms with Crippen molar-refractivity contribution in [1.29, 1.82) is 0 Å². The van der Waals surface area contributed by atoms with Gasteiger partial charge in [-0.1, -0.05) is 30.3 Å². The van der Waals surface area contributed by atoms with Crippen molar-refractivity contribution in [2.24, 2.45) is 0 Å². The first-order valence-corrected chi connectivity index (χ1v) is 7.72. The van der Waals surface area contributed by atoms with Crippen LogP contribution in [0.1, 0.15) is 5.56 Å². The summed E-state index contributed by atoms with van der Waals surface area (Å²) in [5, 5.41) is 12.3. The lowest BCUT2D eigenvalue weighted by molar-refractivity contribution is 0.0188. The third-order valence-corrected chi connectivity index (χ3v) is 3.43. The first-order chi connectivity index (χ1) is 12.0. The number of carbonyl (C=O) groups excluding carboxylic acids is 1. The van der Waals surface area contributed by atoms with Crippen LogP contribution < -0.4 is 5.32 Å². The van der Waals surface area contributed by atoms with Crippen molar-refractivity contribution in [3.63, 3.8) is 0 Å². The van der Waals surface area contributed by atoms with Gasteiger partial charge in [-0.3, -0.25) is 0 Å². The topological polar surface area (TPSA) is 61.8 Å². The van der Waals surface area contributed by atoms with E-state index < -0.39 is 23.8 Å². The molecule has 7 heteroatoms. The van der Waals surface area contributed by atoms with Crippen molar-refractivity contribution in [2.75, 3.05) is 25.5 Å². The van der Waals surface area contributed by atoms with E-state index in [1.54, 1.807) is 0 Å². The van der Waals surface area contributed by atoms with Gasteiger partial charge in [0, 0.05) is 13.1 Å². The SMILES string of the molecule is CN(C[C@@H](O)COCc1ccccc1)C(=O)Nc1ccc(F)cc1F.